The van der Waals surface area contributed by atoms with Crippen molar-refractivity contribution in [1.82, 2.24) is 9.88 Å². The minimum atomic E-state index is -0.194. The molecule has 0 radical (unpaired) electrons. The highest BCUT2D eigenvalue weighted by Crippen LogP contribution is 2.33. The van der Waals surface area contributed by atoms with Gasteiger partial charge in [-0.2, -0.15) is 0 Å². The lowest BCUT2D eigenvalue weighted by molar-refractivity contribution is 0.0743. The predicted molar refractivity (Wildman–Crippen MR) is 107 cm³/mol. The first kappa shape index (κ1) is 19.1. The molecule has 2 aromatic rings. The number of benzene rings is 1. The number of nitrogens with one attached hydrogen (secondary N) is 1. The van der Waals surface area contributed by atoms with Gasteiger partial charge >= 0.3 is 0 Å². The molecule has 5 heteroatoms. The maximum atomic E-state index is 12.9. The molecule has 27 heavy (non-hydrogen) atoms. The van der Waals surface area contributed by atoms with Crippen molar-refractivity contribution in [3.8, 4) is 0 Å². The minimum absolute atomic E-state index is 0.0616. The lowest BCUT2D eigenvalue weighted by Crippen LogP contribution is -2.34. The zero-order valence-corrected chi connectivity index (χ0v) is 16.2. The maximum absolute atomic E-state index is 12.9. The summed E-state index contributed by atoms with van der Waals surface area (Å²) in [6.45, 7) is 8.35. The molecular weight excluding hydrogens is 338 g/mol. The van der Waals surface area contributed by atoms with E-state index in [1.54, 1.807) is 48.8 Å². The van der Waals surface area contributed by atoms with Crippen LogP contribution in [0.2, 0.25) is 0 Å². The fraction of sp³-hybridized carbons (Fsp3) is 0.409. The van der Waals surface area contributed by atoms with Crippen LogP contribution in [-0.2, 0) is 0 Å². The third-order valence-corrected chi connectivity index (χ3v) is 5.11. The summed E-state index contributed by atoms with van der Waals surface area (Å²) in [4.78, 5) is 31.0. The van der Waals surface area contributed by atoms with Crippen LogP contribution in [0.25, 0.3) is 0 Å². The van der Waals surface area contributed by atoms with Crippen LogP contribution < -0.4 is 5.32 Å². The number of anilines is 1. The number of pyridine rings is 1. The van der Waals surface area contributed by atoms with Crippen LogP contribution in [0, 0.1) is 11.3 Å². The summed E-state index contributed by atoms with van der Waals surface area (Å²) in [6, 6.07) is 10.4. The summed E-state index contributed by atoms with van der Waals surface area (Å²) in [5, 5.41) is 2.84. The van der Waals surface area contributed by atoms with Crippen LogP contribution in [-0.4, -0.2) is 34.8 Å². The van der Waals surface area contributed by atoms with Gasteiger partial charge in [0.1, 0.15) is 0 Å². The van der Waals surface area contributed by atoms with E-state index in [9.17, 15) is 9.59 Å². The number of aromatic nitrogens is 1. The normalized spacial score (nSPS) is 19.2. The average Bonchev–Trinajstić information content (AvgIpc) is 2.79. The largest absolute Gasteiger partial charge is 0.338 e. The standard InChI is InChI=1S/C22H27N3O2/c1-16-14-22(2,3)10-13-25(15-16)21(27)18-4-6-19(7-5-18)24-20(26)17-8-11-23-12-9-17/h4-9,11-12,16H,10,13-15H2,1-3H3,(H,24,26). The number of carbonyl (C=O) groups is 2. The summed E-state index contributed by atoms with van der Waals surface area (Å²) in [7, 11) is 0. The van der Waals surface area contributed by atoms with Gasteiger partial charge in [-0.05, 0) is 60.6 Å². The van der Waals surface area contributed by atoms with Gasteiger partial charge in [0.25, 0.3) is 11.8 Å². The summed E-state index contributed by atoms with van der Waals surface area (Å²) in [6.07, 6.45) is 5.32. The van der Waals surface area contributed by atoms with Crippen molar-refractivity contribution in [1.29, 1.82) is 0 Å². The molecule has 1 fully saturated rings. The number of hydrogen-bond acceptors (Lipinski definition) is 3. The van der Waals surface area contributed by atoms with Crippen molar-refractivity contribution in [3.05, 3.63) is 59.9 Å². The smallest absolute Gasteiger partial charge is 0.255 e. The fourth-order valence-electron chi connectivity index (χ4n) is 3.78. The Kier molecular flexibility index (Phi) is 5.59. The van der Waals surface area contributed by atoms with Crippen molar-refractivity contribution >= 4 is 17.5 Å². The summed E-state index contributed by atoms with van der Waals surface area (Å²) >= 11 is 0. The first-order valence-electron chi connectivity index (χ1n) is 9.45. The second kappa shape index (κ2) is 7.91. The third kappa shape index (κ3) is 4.94. The first-order valence-corrected chi connectivity index (χ1v) is 9.45. The average molecular weight is 365 g/mol. The van der Waals surface area contributed by atoms with Crippen molar-refractivity contribution in [2.24, 2.45) is 11.3 Å². The van der Waals surface area contributed by atoms with E-state index in [4.69, 9.17) is 0 Å². The number of hydrogen-bond donors (Lipinski definition) is 1. The van der Waals surface area contributed by atoms with Gasteiger partial charge in [-0.15, -0.1) is 0 Å². The Balaban J connectivity index is 1.66. The second-order valence-electron chi connectivity index (χ2n) is 8.24. The Morgan fingerprint density at radius 2 is 1.74 bits per heavy atom. The Hall–Kier alpha value is -2.69. The molecule has 2 amide bonds. The lowest BCUT2D eigenvalue weighted by atomic mass is 9.82. The van der Waals surface area contributed by atoms with Gasteiger partial charge in [-0.3, -0.25) is 14.6 Å². The summed E-state index contributed by atoms with van der Waals surface area (Å²) in [5.41, 5.74) is 2.14. The molecule has 2 heterocycles. The lowest BCUT2D eigenvalue weighted by Gasteiger charge is -2.23. The highest BCUT2D eigenvalue weighted by Gasteiger charge is 2.29. The Bertz CT molecular complexity index is 800. The number of amides is 2. The van der Waals surface area contributed by atoms with Crippen LogP contribution in [0.3, 0.4) is 0 Å². The zero-order valence-electron chi connectivity index (χ0n) is 16.2. The number of likely N-dealkylation sites (tertiary alicyclic amines) is 1. The second-order valence-corrected chi connectivity index (χ2v) is 8.24. The number of nitrogens with zero attached hydrogens (tertiary/aromatic N) is 2. The van der Waals surface area contributed by atoms with E-state index < -0.39 is 0 Å². The molecule has 1 saturated heterocycles. The molecule has 1 aromatic heterocycles. The molecule has 1 aromatic carbocycles. The molecule has 0 spiro atoms. The summed E-state index contributed by atoms with van der Waals surface area (Å²) in [5.74, 6) is 0.358. The monoisotopic (exact) mass is 365 g/mol. The molecule has 5 nitrogen and oxygen atoms in total. The first-order chi connectivity index (χ1) is 12.8. The fourth-order valence-corrected chi connectivity index (χ4v) is 3.78. The van der Waals surface area contributed by atoms with E-state index >= 15 is 0 Å². The van der Waals surface area contributed by atoms with Crippen LogP contribution in [0.4, 0.5) is 5.69 Å². The highest BCUT2D eigenvalue weighted by atomic mass is 16.2. The van der Waals surface area contributed by atoms with E-state index in [1.807, 2.05) is 4.90 Å². The Morgan fingerprint density at radius 3 is 2.41 bits per heavy atom. The van der Waals surface area contributed by atoms with Crippen molar-refractivity contribution in [2.45, 2.75) is 33.6 Å². The van der Waals surface area contributed by atoms with Gasteiger partial charge in [0.15, 0.2) is 0 Å². The van der Waals surface area contributed by atoms with E-state index in [-0.39, 0.29) is 17.2 Å². The number of rotatable bonds is 3. The van der Waals surface area contributed by atoms with Gasteiger partial charge < -0.3 is 10.2 Å². The number of carbonyl (C=O) groups excluding carboxylic acids is 2. The molecule has 142 valence electrons. The SMILES string of the molecule is CC1CN(C(=O)c2ccc(NC(=O)c3ccncc3)cc2)CCC(C)(C)C1. The van der Waals surface area contributed by atoms with E-state index in [0.29, 0.717) is 22.7 Å². The quantitative estimate of drug-likeness (QED) is 0.885. The van der Waals surface area contributed by atoms with Crippen molar-refractivity contribution in [2.75, 3.05) is 18.4 Å². The molecule has 0 bridgehead atoms. The Morgan fingerprint density at radius 1 is 1.07 bits per heavy atom. The zero-order chi connectivity index (χ0) is 19.4. The highest BCUT2D eigenvalue weighted by molar-refractivity contribution is 6.04. The Labute approximate surface area is 160 Å². The molecule has 0 saturated carbocycles. The minimum Gasteiger partial charge on any atom is -0.338 e. The van der Waals surface area contributed by atoms with Gasteiger partial charge in [0, 0.05) is 42.3 Å². The molecule has 0 aliphatic carbocycles. The van der Waals surface area contributed by atoms with Gasteiger partial charge in [-0.25, -0.2) is 0 Å². The molecular formula is C22H27N3O2. The van der Waals surface area contributed by atoms with Crippen molar-refractivity contribution < 1.29 is 9.59 Å². The summed E-state index contributed by atoms with van der Waals surface area (Å²) < 4.78 is 0. The van der Waals surface area contributed by atoms with Crippen LogP contribution in [0.1, 0.15) is 54.3 Å². The van der Waals surface area contributed by atoms with E-state index in [2.05, 4.69) is 31.1 Å². The van der Waals surface area contributed by atoms with E-state index in [1.165, 1.54) is 0 Å². The van der Waals surface area contributed by atoms with Crippen LogP contribution in [0.5, 0.6) is 0 Å². The molecule has 1 unspecified atom stereocenters. The topological polar surface area (TPSA) is 62.3 Å². The molecule has 1 aliphatic rings. The van der Waals surface area contributed by atoms with Crippen LogP contribution >= 0.6 is 0 Å². The molecule has 1 atom stereocenters. The predicted octanol–water partition coefficient (Wildman–Crippen LogP) is 4.23. The molecule has 1 N–H and O–H groups in total. The van der Waals surface area contributed by atoms with Gasteiger partial charge in [-0.1, -0.05) is 20.8 Å². The van der Waals surface area contributed by atoms with Crippen molar-refractivity contribution in [3.63, 3.8) is 0 Å². The third-order valence-electron chi connectivity index (χ3n) is 5.11. The molecule has 1 aliphatic heterocycles. The van der Waals surface area contributed by atoms with Crippen LogP contribution in [0.15, 0.2) is 48.8 Å². The maximum Gasteiger partial charge on any atom is 0.255 e. The van der Waals surface area contributed by atoms with E-state index in [0.717, 1.165) is 25.9 Å². The molecule has 3 rings (SSSR count). The van der Waals surface area contributed by atoms with Gasteiger partial charge in [0.05, 0.1) is 0 Å². The van der Waals surface area contributed by atoms with Gasteiger partial charge in [0.2, 0.25) is 0 Å².